The Hall–Kier alpha value is -2.47. The van der Waals surface area contributed by atoms with Crippen molar-refractivity contribution in [3.63, 3.8) is 0 Å². The normalized spacial score (nSPS) is 40.5. The zero-order chi connectivity index (χ0) is 20.1. The van der Waals surface area contributed by atoms with Crippen LogP contribution in [0.5, 0.6) is 0 Å². The van der Waals surface area contributed by atoms with Crippen LogP contribution in [-0.4, -0.2) is 16.5 Å². The van der Waals surface area contributed by atoms with Crippen LogP contribution in [0.2, 0.25) is 0 Å². The summed E-state index contributed by atoms with van der Waals surface area (Å²) in [7, 11) is 0. The summed E-state index contributed by atoms with van der Waals surface area (Å²) in [6.45, 7) is 2.26. The molecule has 2 aromatic rings. The number of esters is 1. The molecule has 1 aromatic carbocycles. The highest BCUT2D eigenvalue weighted by molar-refractivity contribution is 7.08. The van der Waals surface area contributed by atoms with Crippen molar-refractivity contribution in [2.75, 3.05) is 0 Å². The summed E-state index contributed by atoms with van der Waals surface area (Å²) in [4.78, 5) is 23.4. The lowest BCUT2D eigenvalue weighted by Crippen LogP contribution is -2.31. The summed E-state index contributed by atoms with van der Waals surface area (Å²) in [6.07, 6.45) is 8.93. The molecule has 3 saturated carbocycles. The van der Waals surface area contributed by atoms with Crippen LogP contribution in [0, 0.1) is 26.9 Å². The molecule has 6 rings (SSSR count). The third-order valence-electron chi connectivity index (χ3n) is 8.20. The third kappa shape index (κ3) is 1.89. The Morgan fingerprint density at radius 2 is 2.03 bits per heavy atom. The number of allylic oxidation sites excluding steroid dienone is 2. The van der Waals surface area contributed by atoms with Crippen molar-refractivity contribution >= 4 is 23.0 Å². The molecule has 1 unspecified atom stereocenters. The van der Waals surface area contributed by atoms with Crippen LogP contribution in [0.1, 0.15) is 48.5 Å². The van der Waals surface area contributed by atoms with Gasteiger partial charge >= 0.3 is 5.97 Å². The van der Waals surface area contributed by atoms with Gasteiger partial charge in [0.1, 0.15) is 5.60 Å². The zero-order valence-corrected chi connectivity index (χ0v) is 16.9. The van der Waals surface area contributed by atoms with Crippen LogP contribution in [0.25, 0.3) is 0 Å². The molecule has 1 aromatic heterocycles. The average molecular weight is 407 g/mol. The number of nitro groups is 1. The number of nitrogens with zero attached hydrogens (tertiary/aromatic N) is 1. The van der Waals surface area contributed by atoms with E-state index in [4.69, 9.17) is 4.74 Å². The van der Waals surface area contributed by atoms with Gasteiger partial charge in [-0.1, -0.05) is 19.1 Å². The van der Waals surface area contributed by atoms with E-state index in [1.54, 1.807) is 11.3 Å². The first-order chi connectivity index (χ1) is 13.9. The van der Waals surface area contributed by atoms with Crippen LogP contribution in [0.4, 0.5) is 5.69 Å². The van der Waals surface area contributed by atoms with Gasteiger partial charge in [0.05, 0.1) is 10.5 Å². The van der Waals surface area contributed by atoms with E-state index in [1.165, 1.54) is 29.8 Å². The summed E-state index contributed by atoms with van der Waals surface area (Å²) in [5.41, 5.74) is 1.53. The van der Waals surface area contributed by atoms with Gasteiger partial charge in [-0.25, -0.2) is 4.79 Å². The molecule has 0 bridgehead atoms. The Morgan fingerprint density at radius 3 is 2.72 bits per heavy atom. The van der Waals surface area contributed by atoms with Crippen LogP contribution in [0.15, 0.2) is 53.2 Å². The third-order valence-corrected chi connectivity index (χ3v) is 8.88. The van der Waals surface area contributed by atoms with Crippen LogP contribution < -0.4 is 0 Å². The lowest BCUT2D eigenvalue weighted by atomic mass is 9.75. The minimum absolute atomic E-state index is 0.00296. The SMILES string of the molecule is C[C@@]12CC34CCC=C[C@]3(c3ccsc3)[C@H]4[C@]1(OC(=O)c1ccc([N+](=O)[O-])cc1)C2. The van der Waals surface area contributed by atoms with Gasteiger partial charge in [0.2, 0.25) is 0 Å². The highest BCUT2D eigenvalue weighted by Gasteiger charge is 2.96. The molecule has 1 heterocycles. The molecule has 0 saturated heterocycles. The van der Waals surface area contributed by atoms with E-state index in [2.05, 4.69) is 35.9 Å². The van der Waals surface area contributed by atoms with E-state index in [0.29, 0.717) is 11.5 Å². The largest absolute Gasteiger partial charge is 0.455 e. The smallest absolute Gasteiger partial charge is 0.338 e. The Labute approximate surface area is 172 Å². The lowest BCUT2D eigenvalue weighted by Gasteiger charge is -2.30. The maximum Gasteiger partial charge on any atom is 0.338 e. The number of hydrogen-bond acceptors (Lipinski definition) is 5. The van der Waals surface area contributed by atoms with Gasteiger partial charge in [-0.3, -0.25) is 10.1 Å². The summed E-state index contributed by atoms with van der Waals surface area (Å²) in [6, 6.07) is 7.95. The standard InChI is InChI=1S/C23H21NO4S/c1-20-13-21-9-2-3-10-22(21,16-8-11-29-12-16)19(21)23(20,14-20)28-18(25)15-4-6-17(7-5-15)24(26)27/h3-8,10-12,19H,2,9,13-14H2,1H3/t19-,20-,21?,22-,23+/m0/s1. The van der Waals surface area contributed by atoms with Gasteiger partial charge in [0, 0.05) is 28.9 Å². The van der Waals surface area contributed by atoms with Crippen molar-refractivity contribution in [2.24, 2.45) is 16.7 Å². The van der Waals surface area contributed by atoms with Crippen molar-refractivity contribution in [1.29, 1.82) is 0 Å². The number of non-ortho nitro benzene ring substituents is 1. The maximum absolute atomic E-state index is 13.0. The van der Waals surface area contributed by atoms with Gasteiger partial charge < -0.3 is 4.74 Å². The highest BCUT2D eigenvalue weighted by atomic mass is 32.1. The second-order valence-electron chi connectivity index (χ2n) is 9.41. The molecule has 0 radical (unpaired) electrons. The molecule has 0 aliphatic heterocycles. The van der Waals surface area contributed by atoms with Crippen molar-refractivity contribution < 1.29 is 14.5 Å². The topological polar surface area (TPSA) is 69.4 Å². The Kier molecular flexibility index (Phi) is 3.10. The van der Waals surface area contributed by atoms with Gasteiger partial charge in [-0.15, -0.1) is 0 Å². The molecule has 0 amide bonds. The van der Waals surface area contributed by atoms with E-state index in [9.17, 15) is 14.9 Å². The summed E-state index contributed by atoms with van der Waals surface area (Å²) >= 11 is 1.72. The molecule has 0 N–H and O–H groups in total. The van der Waals surface area contributed by atoms with E-state index >= 15 is 0 Å². The number of benzene rings is 1. The minimum atomic E-state index is -0.460. The van der Waals surface area contributed by atoms with E-state index in [-0.39, 0.29) is 27.9 Å². The predicted octanol–water partition coefficient (Wildman–Crippen LogP) is 5.27. The zero-order valence-electron chi connectivity index (χ0n) is 16.1. The van der Waals surface area contributed by atoms with E-state index < -0.39 is 10.5 Å². The minimum Gasteiger partial charge on any atom is -0.455 e. The molecule has 6 heteroatoms. The molecule has 4 aliphatic carbocycles. The number of hydrogen-bond donors (Lipinski definition) is 0. The van der Waals surface area contributed by atoms with Crippen molar-refractivity contribution in [3.05, 3.63) is 74.5 Å². The monoisotopic (exact) mass is 407 g/mol. The summed E-state index contributed by atoms with van der Waals surface area (Å²) < 4.78 is 6.29. The summed E-state index contributed by atoms with van der Waals surface area (Å²) in [5.74, 6) is -0.0448. The Bertz CT molecular complexity index is 1080. The fraction of sp³-hybridized carbons (Fsp3) is 0.435. The quantitative estimate of drug-likeness (QED) is 0.300. The molecule has 5 nitrogen and oxygen atoms in total. The Morgan fingerprint density at radius 1 is 1.24 bits per heavy atom. The van der Waals surface area contributed by atoms with Gasteiger partial charge in [-0.05, 0) is 65.6 Å². The van der Waals surface area contributed by atoms with Crippen LogP contribution >= 0.6 is 11.3 Å². The molecular weight excluding hydrogens is 386 g/mol. The molecule has 3 fully saturated rings. The second kappa shape index (κ2) is 5.17. The number of rotatable bonds is 4. The summed E-state index contributed by atoms with van der Waals surface area (Å²) in [5, 5.41) is 15.3. The lowest BCUT2D eigenvalue weighted by molar-refractivity contribution is -0.384. The molecule has 148 valence electrons. The first-order valence-electron chi connectivity index (χ1n) is 10.1. The average Bonchev–Trinajstić information content (AvgIpc) is 3.27. The van der Waals surface area contributed by atoms with Crippen molar-refractivity contribution in [2.45, 2.75) is 43.6 Å². The fourth-order valence-corrected chi connectivity index (χ4v) is 7.83. The predicted molar refractivity (Wildman–Crippen MR) is 109 cm³/mol. The van der Waals surface area contributed by atoms with Crippen molar-refractivity contribution in [1.82, 2.24) is 0 Å². The first-order valence-corrected chi connectivity index (χ1v) is 11.0. The molecule has 29 heavy (non-hydrogen) atoms. The van der Waals surface area contributed by atoms with E-state index in [1.807, 2.05) is 0 Å². The number of carbonyl (C=O) groups is 1. The Balaban J connectivity index is 1.35. The van der Waals surface area contributed by atoms with Crippen LogP contribution in [0.3, 0.4) is 0 Å². The maximum atomic E-state index is 13.0. The molecule has 1 spiro atoms. The van der Waals surface area contributed by atoms with Gasteiger partial charge in [0.15, 0.2) is 0 Å². The van der Waals surface area contributed by atoms with Crippen molar-refractivity contribution in [3.8, 4) is 0 Å². The van der Waals surface area contributed by atoms with Gasteiger partial charge in [-0.2, -0.15) is 11.3 Å². The van der Waals surface area contributed by atoms with E-state index in [0.717, 1.165) is 25.7 Å². The number of nitro benzene ring substituents is 1. The first kappa shape index (κ1) is 17.4. The van der Waals surface area contributed by atoms with Crippen LogP contribution in [-0.2, 0) is 10.2 Å². The number of ether oxygens (including phenoxy) is 1. The number of thiophene rings is 1. The molecular formula is C23H21NO4S. The number of carbonyl (C=O) groups excluding carboxylic acids is 1. The molecule has 5 atom stereocenters. The highest BCUT2D eigenvalue weighted by Crippen LogP contribution is 2.94. The van der Waals surface area contributed by atoms with Gasteiger partial charge in [0.25, 0.3) is 5.69 Å². The molecule has 4 aliphatic rings. The number of fused-ring (bicyclic) bond motifs is 3. The fourth-order valence-electron chi connectivity index (χ4n) is 7.10. The second-order valence-corrected chi connectivity index (χ2v) is 10.2.